The summed E-state index contributed by atoms with van der Waals surface area (Å²) >= 11 is 2.78. The van der Waals surface area contributed by atoms with Crippen LogP contribution in [0.4, 0.5) is 10.7 Å². The number of thioether (sulfide) groups is 1. The number of hydrogen-bond donors (Lipinski definition) is 1. The first-order chi connectivity index (χ1) is 16.9. The second kappa shape index (κ2) is 11.1. The number of nitrogens with one attached hydrogen (secondary N) is 1. The van der Waals surface area contributed by atoms with Gasteiger partial charge >= 0.3 is 5.97 Å². The summed E-state index contributed by atoms with van der Waals surface area (Å²) in [5.41, 5.74) is 3.57. The molecule has 2 aromatic heterocycles. The van der Waals surface area contributed by atoms with E-state index in [0.29, 0.717) is 28.9 Å². The topological polar surface area (TPSA) is 89.3 Å². The van der Waals surface area contributed by atoms with E-state index >= 15 is 0 Å². The van der Waals surface area contributed by atoms with Crippen LogP contribution < -0.4 is 10.2 Å². The van der Waals surface area contributed by atoms with Gasteiger partial charge in [0.05, 0.1) is 17.9 Å². The predicted molar refractivity (Wildman–Crippen MR) is 142 cm³/mol. The molecule has 0 aliphatic heterocycles. The molecule has 8 nitrogen and oxygen atoms in total. The van der Waals surface area contributed by atoms with Gasteiger partial charge in [-0.3, -0.25) is 9.36 Å². The van der Waals surface area contributed by atoms with Crippen LogP contribution in [0, 0.1) is 0 Å². The van der Waals surface area contributed by atoms with Crippen molar-refractivity contribution in [1.82, 2.24) is 14.8 Å². The lowest BCUT2D eigenvalue weighted by atomic mass is 10.1. The molecule has 4 rings (SSSR count). The van der Waals surface area contributed by atoms with E-state index in [4.69, 9.17) is 4.74 Å². The summed E-state index contributed by atoms with van der Waals surface area (Å²) in [5, 5.41) is 12.8. The molecule has 0 saturated heterocycles. The molecule has 0 bridgehead atoms. The summed E-state index contributed by atoms with van der Waals surface area (Å²) in [6, 6.07) is 8.07. The van der Waals surface area contributed by atoms with Crippen molar-refractivity contribution in [1.29, 1.82) is 0 Å². The monoisotopic (exact) mass is 511 g/mol. The molecule has 1 aliphatic rings. The zero-order valence-electron chi connectivity index (χ0n) is 20.2. The summed E-state index contributed by atoms with van der Waals surface area (Å²) in [4.78, 5) is 28.6. The van der Waals surface area contributed by atoms with Crippen LogP contribution in [0.3, 0.4) is 0 Å². The van der Waals surface area contributed by atoms with Crippen LogP contribution in [-0.2, 0) is 28.9 Å². The minimum absolute atomic E-state index is 0.139. The van der Waals surface area contributed by atoms with E-state index < -0.39 is 0 Å². The Morgan fingerprint density at radius 3 is 2.71 bits per heavy atom. The van der Waals surface area contributed by atoms with Crippen molar-refractivity contribution in [3.8, 4) is 11.4 Å². The molecular formula is C25H29N5O3S2. The van der Waals surface area contributed by atoms with Gasteiger partial charge in [0.1, 0.15) is 5.00 Å². The van der Waals surface area contributed by atoms with Gasteiger partial charge in [0.2, 0.25) is 5.91 Å². The van der Waals surface area contributed by atoms with Crippen molar-refractivity contribution < 1.29 is 14.3 Å². The number of ether oxygens (including phenoxy) is 1. The van der Waals surface area contributed by atoms with Gasteiger partial charge in [0.15, 0.2) is 11.0 Å². The highest BCUT2D eigenvalue weighted by molar-refractivity contribution is 7.99. The fourth-order valence-corrected chi connectivity index (χ4v) is 6.06. The summed E-state index contributed by atoms with van der Waals surface area (Å²) in [7, 11) is 3.99. The molecule has 35 heavy (non-hydrogen) atoms. The number of anilines is 2. The number of nitrogens with zero attached hydrogens (tertiary/aromatic N) is 4. The smallest absolute Gasteiger partial charge is 0.341 e. The van der Waals surface area contributed by atoms with E-state index in [1.807, 2.05) is 47.8 Å². The third kappa shape index (κ3) is 5.43. The van der Waals surface area contributed by atoms with Crippen molar-refractivity contribution in [3.05, 3.63) is 52.9 Å². The quantitative estimate of drug-likeness (QED) is 0.241. The lowest BCUT2D eigenvalue weighted by Gasteiger charge is -2.13. The summed E-state index contributed by atoms with van der Waals surface area (Å²) in [5.74, 6) is 0.285. The molecule has 1 aliphatic carbocycles. The zero-order chi connectivity index (χ0) is 24.9. The molecule has 184 valence electrons. The molecule has 3 aromatic rings. The molecule has 1 amide bonds. The zero-order valence-corrected chi connectivity index (χ0v) is 21.8. The lowest BCUT2D eigenvalue weighted by molar-refractivity contribution is -0.113. The highest BCUT2D eigenvalue weighted by Gasteiger charge is 2.28. The third-order valence-electron chi connectivity index (χ3n) is 5.66. The number of carbonyl (C=O) groups excluding carboxylic acids is 2. The van der Waals surface area contributed by atoms with Gasteiger partial charge in [-0.2, -0.15) is 0 Å². The van der Waals surface area contributed by atoms with E-state index in [0.717, 1.165) is 46.8 Å². The van der Waals surface area contributed by atoms with Crippen LogP contribution in [0.1, 0.15) is 34.1 Å². The Labute approximate surface area is 213 Å². The van der Waals surface area contributed by atoms with E-state index in [2.05, 4.69) is 22.1 Å². The highest BCUT2D eigenvalue weighted by Crippen LogP contribution is 2.39. The minimum Gasteiger partial charge on any atom is -0.462 e. The van der Waals surface area contributed by atoms with Gasteiger partial charge in [-0.1, -0.05) is 17.8 Å². The van der Waals surface area contributed by atoms with Crippen molar-refractivity contribution in [3.63, 3.8) is 0 Å². The largest absolute Gasteiger partial charge is 0.462 e. The first-order valence-electron chi connectivity index (χ1n) is 11.5. The van der Waals surface area contributed by atoms with Crippen LogP contribution >= 0.6 is 23.1 Å². The third-order valence-corrected chi connectivity index (χ3v) is 7.83. The lowest BCUT2D eigenvalue weighted by Crippen LogP contribution is -2.17. The van der Waals surface area contributed by atoms with Crippen molar-refractivity contribution in [2.45, 2.75) is 37.9 Å². The van der Waals surface area contributed by atoms with E-state index in [1.54, 1.807) is 13.0 Å². The van der Waals surface area contributed by atoms with Gasteiger partial charge in [0.25, 0.3) is 0 Å². The average molecular weight is 512 g/mol. The Balaban J connectivity index is 1.48. The maximum absolute atomic E-state index is 12.8. The Kier molecular flexibility index (Phi) is 7.92. The average Bonchev–Trinajstić information content (AvgIpc) is 3.53. The maximum atomic E-state index is 12.8. The summed E-state index contributed by atoms with van der Waals surface area (Å²) in [6.07, 6.45) is 4.58. The number of fused-ring (bicyclic) bond motifs is 1. The predicted octanol–water partition coefficient (Wildman–Crippen LogP) is 4.65. The van der Waals surface area contributed by atoms with Crippen LogP contribution in [0.2, 0.25) is 0 Å². The second-order valence-corrected chi connectivity index (χ2v) is 10.3. The van der Waals surface area contributed by atoms with E-state index in [1.165, 1.54) is 23.1 Å². The van der Waals surface area contributed by atoms with Gasteiger partial charge < -0.3 is 15.0 Å². The standard InChI is InChI=1S/C25H29N5O3S2/c1-5-14-30-22(16-10-12-17(13-11-16)29(3)4)27-28-25(30)34-15-20(31)26-23-21(24(32)33-6-2)18-8-7-9-19(18)35-23/h5,10-13H,1,6-9,14-15H2,2-4H3,(H,26,31). The molecule has 0 spiro atoms. The Morgan fingerprint density at radius 1 is 1.26 bits per heavy atom. The van der Waals surface area contributed by atoms with Gasteiger partial charge in [0, 0.05) is 36.8 Å². The van der Waals surface area contributed by atoms with Gasteiger partial charge in [-0.25, -0.2) is 4.79 Å². The number of allylic oxidation sites excluding steroid dienone is 1. The fraction of sp³-hybridized carbons (Fsp3) is 0.360. The van der Waals surface area contributed by atoms with Crippen LogP contribution in [0.15, 0.2) is 42.1 Å². The molecule has 0 unspecified atom stereocenters. The van der Waals surface area contributed by atoms with Crippen LogP contribution in [0.5, 0.6) is 0 Å². The number of aryl methyl sites for hydroxylation is 1. The number of amides is 1. The van der Waals surface area contributed by atoms with Crippen molar-refractivity contribution in [2.24, 2.45) is 0 Å². The number of hydrogen-bond acceptors (Lipinski definition) is 8. The fourth-order valence-electron chi connectivity index (χ4n) is 4.02. The van der Waals surface area contributed by atoms with E-state index in [-0.39, 0.29) is 17.6 Å². The number of aromatic nitrogens is 3. The molecule has 0 fully saturated rings. The number of benzene rings is 1. The normalized spacial score (nSPS) is 12.3. The molecule has 10 heteroatoms. The molecule has 1 N–H and O–H groups in total. The molecule has 2 heterocycles. The Hall–Kier alpha value is -3.11. The summed E-state index contributed by atoms with van der Waals surface area (Å²) in [6.45, 7) is 6.45. The van der Waals surface area contributed by atoms with Crippen LogP contribution in [-0.4, -0.2) is 53.1 Å². The number of thiophene rings is 1. The molecule has 0 atom stereocenters. The first-order valence-corrected chi connectivity index (χ1v) is 13.3. The molecule has 1 aromatic carbocycles. The molecule has 0 saturated carbocycles. The second-order valence-electron chi connectivity index (χ2n) is 8.27. The van der Waals surface area contributed by atoms with Crippen LogP contribution in [0.25, 0.3) is 11.4 Å². The molecular weight excluding hydrogens is 482 g/mol. The van der Waals surface area contributed by atoms with Gasteiger partial charge in [-0.05, 0) is 56.0 Å². The molecule has 0 radical (unpaired) electrons. The summed E-state index contributed by atoms with van der Waals surface area (Å²) < 4.78 is 7.19. The Bertz CT molecular complexity index is 1230. The SMILES string of the molecule is C=CCn1c(SCC(=O)Nc2sc3c(c2C(=O)OCC)CCC3)nnc1-c1ccc(N(C)C)cc1. The number of esters is 1. The van der Waals surface area contributed by atoms with Crippen molar-refractivity contribution in [2.75, 3.05) is 36.7 Å². The number of carbonyl (C=O) groups is 2. The first kappa shape index (κ1) is 25.0. The Morgan fingerprint density at radius 2 is 2.03 bits per heavy atom. The minimum atomic E-state index is -0.370. The highest BCUT2D eigenvalue weighted by atomic mass is 32.2. The van der Waals surface area contributed by atoms with Gasteiger partial charge in [-0.15, -0.1) is 28.1 Å². The van der Waals surface area contributed by atoms with Crippen molar-refractivity contribution >= 4 is 45.7 Å². The van der Waals surface area contributed by atoms with E-state index in [9.17, 15) is 9.59 Å². The number of rotatable bonds is 10. The maximum Gasteiger partial charge on any atom is 0.341 e.